The number of allylic oxidation sites excluding steroid dienone is 1. The fourth-order valence-electron chi connectivity index (χ4n) is 1.47. The van der Waals surface area contributed by atoms with Gasteiger partial charge in [-0.2, -0.15) is 0 Å². The SMILES string of the molecule is CC(C)=CC(=O)Nc1onc(-c2nccs2)c1C(=O)O. The largest absolute Gasteiger partial charge is 0.477 e. The van der Waals surface area contributed by atoms with Gasteiger partial charge in [-0.25, -0.2) is 9.78 Å². The number of aromatic nitrogens is 2. The molecule has 0 aliphatic rings. The lowest BCUT2D eigenvalue weighted by molar-refractivity contribution is -0.112. The highest BCUT2D eigenvalue weighted by molar-refractivity contribution is 7.13. The zero-order valence-corrected chi connectivity index (χ0v) is 11.5. The van der Waals surface area contributed by atoms with E-state index in [1.54, 1.807) is 19.2 Å². The minimum atomic E-state index is -1.25. The van der Waals surface area contributed by atoms with Gasteiger partial charge in [-0.05, 0) is 13.8 Å². The lowest BCUT2D eigenvalue weighted by Gasteiger charge is -1.99. The first-order chi connectivity index (χ1) is 9.49. The summed E-state index contributed by atoms with van der Waals surface area (Å²) < 4.78 is 4.91. The highest BCUT2D eigenvalue weighted by Crippen LogP contribution is 2.30. The molecular formula is C12H11N3O4S. The molecule has 20 heavy (non-hydrogen) atoms. The van der Waals surface area contributed by atoms with Gasteiger partial charge >= 0.3 is 5.97 Å². The molecule has 8 heteroatoms. The summed E-state index contributed by atoms with van der Waals surface area (Å²) >= 11 is 1.23. The van der Waals surface area contributed by atoms with Crippen molar-refractivity contribution in [3.8, 4) is 10.7 Å². The van der Waals surface area contributed by atoms with Gasteiger partial charge in [0, 0.05) is 17.7 Å². The second-order valence-electron chi connectivity index (χ2n) is 4.09. The molecule has 7 nitrogen and oxygen atoms in total. The van der Waals surface area contributed by atoms with E-state index in [2.05, 4.69) is 15.5 Å². The van der Waals surface area contributed by atoms with Crippen molar-refractivity contribution in [3.05, 3.63) is 28.8 Å². The Kier molecular flexibility index (Phi) is 3.94. The Morgan fingerprint density at radius 1 is 1.45 bits per heavy atom. The number of thiazole rings is 1. The normalized spacial score (nSPS) is 10.1. The number of carboxylic acid groups (broad SMARTS) is 1. The maximum Gasteiger partial charge on any atom is 0.343 e. The molecule has 0 unspecified atom stereocenters. The van der Waals surface area contributed by atoms with Crippen molar-refractivity contribution in [2.45, 2.75) is 13.8 Å². The summed E-state index contributed by atoms with van der Waals surface area (Å²) in [6, 6.07) is 0. The number of carboxylic acids is 1. The number of hydrogen-bond acceptors (Lipinski definition) is 6. The van der Waals surface area contributed by atoms with Crippen molar-refractivity contribution >= 4 is 29.1 Å². The van der Waals surface area contributed by atoms with Gasteiger partial charge < -0.3 is 9.63 Å². The van der Waals surface area contributed by atoms with Crippen LogP contribution in [0, 0.1) is 0 Å². The van der Waals surface area contributed by atoms with Crippen LogP contribution in [-0.2, 0) is 4.79 Å². The predicted octanol–water partition coefficient (Wildman–Crippen LogP) is 2.40. The number of hydrogen-bond donors (Lipinski definition) is 2. The maximum atomic E-state index is 11.6. The molecule has 0 spiro atoms. The number of carbonyl (C=O) groups excluding carboxylic acids is 1. The zero-order valence-electron chi connectivity index (χ0n) is 10.7. The summed E-state index contributed by atoms with van der Waals surface area (Å²) in [5.41, 5.74) is 0.662. The highest BCUT2D eigenvalue weighted by atomic mass is 32.1. The van der Waals surface area contributed by atoms with Gasteiger partial charge in [0.25, 0.3) is 5.91 Å². The molecule has 2 aromatic rings. The van der Waals surface area contributed by atoms with Crippen LogP contribution < -0.4 is 5.32 Å². The molecule has 0 saturated heterocycles. The average molecular weight is 293 g/mol. The smallest absolute Gasteiger partial charge is 0.343 e. The molecule has 0 bridgehead atoms. The molecule has 0 aliphatic heterocycles. The monoisotopic (exact) mass is 293 g/mol. The third kappa shape index (κ3) is 2.91. The van der Waals surface area contributed by atoms with Gasteiger partial charge in [-0.3, -0.25) is 10.1 Å². The highest BCUT2D eigenvalue weighted by Gasteiger charge is 2.26. The van der Waals surface area contributed by atoms with Crippen molar-refractivity contribution in [1.82, 2.24) is 10.1 Å². The second kappa shape index (κ2) is 5.66. The number of nitrogens with one attached hydrogen (secondary N) is 1. The first kappa shape index (κ1) is 13.9. The van der Waals surface area contributed by atoms with Crippen LogP contribution in [0.25, 0.3) is 10.7 Å². The minimum Gasteiger partial charge on any atom is -0.477 e. The third-order valence-corrected chi connectivity index (χ3v) is 2.98. The van der Waals surface area contributed by atoms with Gasteiger partial charge in [0.1, 0.15) is 5.01 Å². The van der Waals surface area contributed by atoms with E-state index in [4.69, 9.17) is 4.52 Å². The molecule has 2 rings (SSSR count). The molecular weight excluding hydrogens is 282 g/mol. The molecule has 2 N–H and O–H groups in total. The first-order valence-corrected chi connectivity index (χ1v) is 6.45. The van der Waals surface area contributed by atoms with Crippen LogP contribution in [0.2, 0.25) is 0 Å². The molecule has 0 radical (unpaired) electrons. The maximum absolute atomic E-state index is 11.6. The fourth-order valence-corrected chi connectivity index (χ4v) is 2.09. The van der Waals surface area contributed by atoms with Crippen LogP contribution in [0.1, 0.15) is 24.2 Å². The summed E-state index contributed by atoms with van der Waals surface area (Å²) in [7, 11) is 0. The molecule has 2 heterocycles. The molecule has 0 atom stereocenters. The molecule has 2 aromatic heterocycles. The standard InChI is InChI=1S/C12H11N3O4S/c1-6(2)5-7(16)14-10-8(12(17)18)9(15-19-10)11-13-3-4-20-11/h3-5H,1-2H3,(H,14,16)(H,17,18). The van der Waals surface area contributed by atoms with E-state index in [0.717, 1.165) is 5.57 Å². The summed E-state index contributed by atoms with van der Waals surface area (Å²) in [6.45, 7) is 3.50. The Morgan fingerprint density at radius 2 is 2.20 bits per heavy atom. The predicted molar refractivity (Wildman–Crippen MR) is 72.6 cm³/mol. The Balaban J connectivity index is 2.38. The lowest BCUT2D eigenvalue weighted by Crippen LogP contribution is -2.11. The van der Waals surface area contributed by atoms with E-state index >= 15 is 0 Å². The van der Waals surface area contributed by atoms with Gasteiger partial charge in [0.2, 0.25) is 5.88 Å². The molecule has 0 aromatic carbocycles. The fraction of sp³-hybridized carbons (Fsp3) is 0.167. The van der Waals surface area contributed by atoms with E-state index < -0.39 is 11.9 Å². The molecule has 0 saturated carbocycles. The number of amides is 1. The van der Waals surface area contributed by atoms with E-state index in [0.29, 0.717) is 5.01 Å². The van der Waals surface area contributed by atoms with E-state index in [1.165, 1.54) is 23.6 Å². The van der Waals surface area contributed by atoms with Crippen LogP contribution in [0.15, 0.2) is 27.7 Å². The Labute approximate surface area is 117 Å². The van der Waals surface area contributed by atoms with Crippen molar-refractivity contribution in [3.63, 3.8) is 0 Å². The number of anilines is 1. The van der Waals surface area contributed by atoms with E-state index in [1.807, 2.05) is 0 Å². The molecule has 0 aliphatic carbocycles. The van der Waals surface area contributed by atoms with Gasteiger partial charge in [-0.15, -0.1) is 11.3 Å². The second-order valence-corrected chi connectivity index (χ2v) is 4.98. The van der Waals surface area contributed by atoms with Gasteiger partial charge in [-0.1, -0.05) is 10.7 Å². The van der Waals surface area contributed by atoms with Crippen LogP contribution in [0.3, 0.4) is 0 Å². The van der Waals surface area contributed by atoms with Crippen LogP contribution in [0.4, 0.5) is 5.88 Å². The van der Waals surface area contributed by atoms with Crippen LogP contribution in [-0.4, -0.2) is 27.1 Å². The number of carbonyl (C=O) groups is 2. The summed E-state index contributed by atoms with van der Waals surface area (Å²) in [5, 5.41) is 17.4. The Bertz CT molecular complexity index is 669. The minimum absolute atomic E-state index is 0.0972. The van der Waals surface area contributed by atoms with Gasteiger partial charge in [0.05, 0.1) is 0 Å². The van der Waals surface area contributed by atoms with Crippen molar-refractivity contribution in [2.75, 3.05) is 5.32 Å². The molecule has 0 fully saturated rings. The number of rotatable bonds is 4. The summed E-state index contributed by atoms with van der Waals surface area (Å²) in [6.07, 6.45) is 2.86. The van der Waals surface area contributed by atoms with Crippen molar-refractivity contribution in [2.24, 2.45) is 0 Å². The zero-order chi connectivity index (χ0) is 14.7. The number of nitrogens with zero attached hydrogens (tertiary/aromatic N) is 2. The third-order valence-electron chi connectivity index (χ3n) is 2.20. The topological polar surface area (TPSA) is 105 Å². The first-order valence-electron chi connectivity index (χ1n) is 5.57. The molecule has 1 amide bonds. The Morgan fingerprint density at radius 3 is 2.75 bits per heavy atom. The summed E-state index contributed by atoms with van der Waals surface area (Å²) in [4.78, 5) is 26.9. The quantitative estimate of drug-likeness (QED) is 0.838. The van der Waals surface area contributed by atoms with Gasteiger partial charge in [0.15, 0.2) is 11.3 Å². The van der Waals surface area contributed by atoms with Crippen molar-refractivity contribution in [1.29, 1.82) is 0 Å². The number of aromatic carboxylic acids is 1. The van der Waals surface area contributed by atoms with Crippen LogP contribution >= 0.6 is 11.3 Å². The summed E-state index contributed by atoms with van der Waals surface area (Å²) in [5.74, 6) is -1.93. The van der Waals surface area contributed by atoms with E-state index in [-0.39, 0.29) is 17.1 Å². The Hall–Kier alpha value is -2.48. The molecule has 104 valence electrons. The average Bonchev–Trinajstić information content (AvgIpc) is 2.94. The lowest BCUT2D eigenvalue weighted by atomic mass is 10.2. The van der Waals surface area contributed by atoms with Crippen molar-refractivity contribution < 1.29 is 19.2 Å². The van der Waals surface area contributed by atoms with E-state index in [9.17, 15) is 14.7 Å². The van der Waals surface area contributed by atoms with Crippen LogP contribution in [0.5, 0.6) is 0 Å².